The van der Waals surface area contributed by atoms with Crippen LogP contribution in [0.2, 0.25) is 0 Å². The Labute approximate surface area is 192 Å². The van der Waals surface area contributed by atoms with E-state index in [-0.39, 0.29) is 33.3 Å². The van der Waals surface area contributed by atoms with E-state index < -0.39 is 32.0 Å². The van der Waals surface area contributed by atoms with Crippen LogP contribution in [-0.2, 0) is 24.6 Å². The molecule has 1 saturated heterocycles. The topological polar surface area (TPSA) is 119 Å². The summed E-state index contributed by atoms with van der Waals surface area (Å²) < 4.78 is 77.1. The van der Waals surface area contributed by atoms with Crippen LogP contribution in [0.25, 0.3) is 0 Å². The first-order valence-electron chi connectivity index (χ1n) is 9.98. The molecule has 3 rings (SSSR count). The lowest BCUT2D eigenvalue weighted by Crippen LogP contribution is -2.37. The largest absolute Gasteiger partial charge is 0.495 e. The fraction of sp³-hybridized carbons (Fsp3) is 0.381. The van der Waals surface area contributed by atoms with Crippen LogP contribution in [0.4, 0.5) is 15.8 Å². The molecule has 2 aromatic rings. The maximum atomic E-state index is 14.0. The molecule has 1 aliphatic rings. The van der Waals surface area contributed by atoms with Gasteiger partial charge in [-0.15, -0.1) is 0 Å². The van der Waals surface area contributed by atoms with Gasteiger partial charge in [0.1, 0.15) is 16.8 Å². The van der Waals surface area contributed by atoms with Crippen LogP contribution in [0.3, 0.4) is 0 Å². The zero-order valence-electron chi connectivity index (χ0n) is 18.4. The third-order valence-electron chi connectivity index (χ3n) is 5.22. The number of benzene rings is 2. The first-order valence-corrected chi connectivity index (χ1v) is 13.4. The zero-order valence-corrected chi connectivity index (χ0v) is 20.0. The maximum absolute atomic E-state index is 14.0. The summed E-state index contributed by atoms with van der Waals surface area (Å²) in [6, 6.07) is 7.77. The van der Waals surface area contributed by atoms with E-state index in [4.69, 9.17) is 4.74 Å². The summed E-state index contributed by atoms with van der Waals surface area (Å²) >= 11 is 0. The summed E-state index contributed by atoms with van der Waals surface area (Å²) in [7, 11) is -5.57. The van der Waals surface area contributed by atoms with Crippen molar-refractivity contribution in [1.29, 1.82) is 0 Å². The second-order valence-corrected chi connectivity index (χ2v) is 11.3. The van der Waals surface area contributed by atoms with Gasteiger partial charge in [0, 0.05) is 19.3 Å². The number of piperidine rings is 1. The first-order chi connectivity index (χ1) is 15.5. The fourth-order valence-electron chi connectivity index (χ4n) is 3.58. The van der Waals surface area contributed by atoms with Crippen LogP contribution in [0.1, 0.15) is 23.2 Å². The molecule has 0 saturated carbocycles. The molecule has 1 atom stereocenters. The van der Waals surface area contributed by atoms with Gasteiger partial charge in [-0.2, -0.15) is 0 Å². The van der Waals surface area contributed by atoms with E-state index in [1.54, 1.807) is 4.90 Å². The molecule has 1 aliphatic heterocycles. The van der Waals surface area contributed by atoms with Crippen molar-refractivity contribution >= 4 is 37.2 Å². The highest BCUT2D eigenvalue weighted by atomic mass is 32.2. The maximum Gasteiger partial charge on any atom is 0.337 e. The molecule has 0 spiro atoms. The van der Waals surface area contributed by atoms with Gasteiger partial charge in [0.05, 0.1) is 36.1 Å². The van der Waals surface area contributed by atoms with E-state index in [0.29, 0.717) is 25.1 Å². The highest BCUT2D eigenvalue weighted by Gasteiger charge is 2.27. The van der Waals surface area contributed by atoms with Crippen LogP contribution in [0.15, 0.2) is 46.2 Å². The Morgan fingerprint density at radius 3 is 2.45 bits per heavy atom. The SMILES string of the molecule is COC(=O)c1ccc(OC)c(S(=O)(=O)Nc2cc(S(C)(=O)=O)ccc2N2CCCC(F)C2)c1. The van der Waals surface area contributed by atoms with Gasteiger partial charge in [0.15, 0.2) is 9.84 Å². The summed E-state index contributed by atoms with van der Waals surface area (Å²) in [6.45, 7) is 0.530. The second-order valence-electron chi connectivity index (χ2n) is 7.60. The summed E-state index contributed by atoms with van der Waals surface area (Å²) in [5, 5.41) is 0. The highest BCUT2D eigenvalue weighted by molar-refractivity contribution is 7.93. The molecule has 2 aromatic carbocycles. The minimum absolute atomic E-state index is 0.0138. The molecule has 1 heterocycles. The number of anilines is 2. The fourth-order valence-corrected chi connectivity index (χ4v) is 5.49. The summed E-state index contributed by atoms with van der Waals surface area (Å²) in [4.78, 5) is 13.1. The molecule has 12 heteroatoms. The number of sulfonamides is 1. The molecule has 1 N–H and O–H groups in total. The third kappa shape index (κ3) is 5.56. The van der Waals surface area contributed by atoms with Gasteiger partial charge < -0.3 is 14.4 Å². The molecule has 1 unspecified atom stereocenters. The number of carbonyl (C=O) groups is 1. The molecule has 180 valence electrons. The summed E-state index contributed by atoms with van der Waals surface area (Å²) in [5.74, 6) is -0.770. The molecule has 0 bridgehead atoms. The second kappa shape index (κ2) is 9.56. The number of sulfone groups is 1. The monoisotopic (exact) mass is 500 g/mol. The molecule has 0 radical (unpaired) electrons. The number of hydrogen-bond donors (Lipinski definition) is 1. The number of alkyl halides is 1. The minimum Gasteiger partial charge on any atom is -0.495 e. The van der Waals surface area contributed by atoms with Crippen molar-refractivity contribution in [2.45, 2.75) is 28.8 Å². The van der Waals surface area contributed by atoms with Gasteiger partial charge >= 0.3 is 5.97 Å². The average molecular weight is 501 g/mol. The molecule has 0 aromatic heterocycles. The lowest BCUT2D eigenvalue weighted by atomic mass is 10.1. The Morgan fingerprint density at radius 1 is 1.12 bits per heavy atom. The van der Waals surface area contributed by atoms with Crippen LogP contribution in [0.5, 0.6) is 5.75 Å². The standard InChI is InChI=1S/C21H25FN2O7S2/c1-30-19-9-6-14(21(25)31-2)11-20(19)33(28,29)23-17-12-16(32(3,26)27)7-8-18(17)24-10-4-5-15(22)13-24/h6-9,11-12,15,23H,4-5,10,13H2,1-3H3. The number of nitrogens with one attached hydrogen (secondary N) is 1. The van der Waals surface area contributed by atoms with Gasteiger partial charge in [0.2, 0.25) is 0 Å². The van der Waals surface area contributed by atoms with Crippen molar-refractivity contribution in [1.82, 2.24) is 0 Å². The summed E-state index contributed by atoms with van der Waals surface area (Å²) in [6.07, 6.45) is 0.878. The Morgan fingerprint density at radius 2 is 1.85 bits per heavy atom. The Hall–Kier alpha value is -2.86. The number of nitrogens with zero attached hydrogens (tertiary/aromatic N) is 1. The number of halogens is 1. The van der Waals surface area contributed by atoms with Gasteiger partial charge in [-0.25, -0.2) is 26.0 Å². The van der Waals surface area contributed by atoms with Crippen LogP contribution >= 0.6 is 0 Å². The lowest BCUT2D eigenvalue weighted by Gasteiger charge is -2.32. The molecule has 0 amide bonds. The smallest absolute Gasteiger partial charge is 0.337 e. The number of esters is 1. The average Bonchev–Trinajstić information content (AvgIpc) is 2.77. The third-order valence-corrected chi connectivity index (χ3v) is 7.72. The van der Waals surface area contributed by atoms with Crippen molar-refractivity contribution in [3.8, 4) is 5.75 Å². The van der Waals surface area contributed by atoms with Gasteiger partial charge in [-0.05, 0) is 49.2 Å². The van der Waals surface area contributed by atoms with E-state index in [1.807, 2.05) is 0 Å². The predicted octanol–water partition coefficient (Wildman–Crippen LogP) is 2.62. The number of rotatable bonds is 7. The minimum atomic E-state index is -4.36. The highest BCUT2D eigenvalue weighted by Crippen LogP contribution is 2.35. The number of methoxy groups -OCH3 is 2. The van der Waals surface area contributed by atoms with E-state index >= 15 is 0 Å². The zero-order chi connectivity index (χ0) is 24.4. The first kappa shape index (κ1) is 24.8. The van der Waals surface area contributed by atoms with E-state index in [2.05, 4.69) is 9.46 Å². The summed E-state index contributed by atoms with van der Waals surface area (Å²) in [5.41, 5.74) is 0.300. The van der Waals surface area contributed by atoms with Gasteiger partial charge in [-0.1, -0.05) is 0 Å². The van der Waals surface area contributed by atoms with Crippen molar-refractivity contribution in [2.75, 3.05) is 43.2 Å². The lowest BCUT2D eigenvalue weighted by molar-refractivity contribution is 0.0600. The van der Waals surface area contributed by atoms with Crippen LogP contribution in [-0.4, -0.2) is 62.5 Å². The quantitative estimate of drug-likeness (QED) is 0.577. The van der Waals surface area contributed by atoms with Gasteiger partial charge in [0.25, 0.3) is 10.0 Å². The van der Waals surface area contributed by atoms with E-state index in [0.717, 1.165) is 12.3 Å². The van der Waals surface area contributed by atoms with Gasteiger partial charge in [-0.3, -0.25) is 4.72 Å². The van der Waals surface area contributed by atoms with Crippen molar-refractivity contribution in [3.05, 3.63) is 42.0 Å². The Kier molecular flexibility index (Phi) is 7.17. The number of carbonyl (C=O) groups excluding carboxylic acids is 1. The van der Waals surface area contributed by atoms with E-state index in [9.17, 15) is 26.0 Å². The molecule has 9 nitrogen and oxygen atoms in total. The number of hydrogen-bond acceptors (Lipinski definition) is 8. The molecular formula is C21H25FN2O7S2. The van der Waals surface area contributed by atoms with Crippen molar-refractivity contribution < 1.29 is 35.5 Å². The van der Waals surface area contributed by atoms with Crippen LogP contribution < -0.4 is 14.4 Å². The normalized spacial score (nSPS) is 16.8. The Balaban J connectivity index is 2.11. The number of ether oxygens (including phenoxy) is 2. The molecule has 0 aliphatic carbocycles. The van der Waals surface area contributed by atoms with E-state index in [1.165, 1.54) is 44.6 Å². The predicted molar refractivity (Wildman–Crippen MR) is 121 cm³/mol. The van der Waals surface area contributed by atoms with Crippen molar-refractivity contribution in [3.63, 3.8) is 0 Å². The Bertz CT molecular complexity index is 1260. The molecule has 1 fully saturated rings. The molecule has 33 heavy (non-hydrogen) atoms. The molecular weight excluding hydrogens is 475 g/mol. The van der Waals surface area contributed by atoms with Crippen LogP contribution in [0, 0.1) is 0 Å². The van der Waals surface area contributed by atoms with Crippen molar-refractivity contribution in [2.24, 2.45) is 0 Å².